The molecule has 0 saturated carbocycles. The van der Waals surface area contributed by atoms with Crippen LogP contribution in [0.2, 0.25) is 0 Å². The van der Waals surface area contributed by atoms with Gasteiger partial charge in [0.25, 0.3) is 5.91 Å². The Bertz CT molecular complexity index is 994. The van der Waals surface area contributed by atoms with Crippen molar-refractivity contribution in [3.05, 3.63) is 58.9 Å². The zero-order valence-corrected chi connectivity index (χ0v) is 16.9. The molecule has 0 bridgehead atoms. The molecule has 164 valence electrons. The van der Waals surface area contributed by atoms with Crippen molar-refractivity contribution in [1.82, 2.24) is 4.90 Å². The third kappa shape index (κ3) is 4.90. The maximum Gasteiger partial charge on any atom is 0.425 e. The summed E-state index contributed by atoms with van der Waals surface area (Å²) in [5, 5.41) is 9.29. The summed E-state index contributed by atoms with van der Waals surface area (Å²) < 4.78 is 62.2. The van der Waals surface area contributed by atoms with Crippen LogP contribution in [0.25, 0.3) is 0 Å². The van der Waals surface area contributed by atoms with Crippen LogP contribution in [0.4, 0.5) is 17.6 Å². The van der Waals surface area contributed by atoms with Gasteiger partial charge in [0.05, 0.1) is 12.7 Å². The van der Waals surface area contributed by atoms with E-state index in [4.69, 9.17) is 9.47 Å². The maximum absolute atomic E-state index is 13.1. The Kier molecular flexibility index (Phi) is 6.39. The lowest BCUT2D eigenvalue weighted by atomic mass is 9.91. The van der Waals surface area contributed by atoms with E-state index in [1.807, 2.05) is 6.07 Å². The number of nitriles is 1. The molecule has 1 fully saturated rings. The summed E-state index contributed by atoms with van der Waals surface area (Å²) in [7, 11) is 1.23. The number of amides is 1. The SMILES string of the molecule is COc1c(C#N)ccc(O[C@@H](C)C(F)(F)F)c1C(=O)N1CC(Cc2ccc(F)cc2)C1. The van der Waals surface area contributed by atoms with Crippen molar-refractivity contribution in [2.75, 3.05) is 20.2 Å². The lowest BCUT2D eigenvalue weighted by molar-refractivity contribution is -0.189. The average molecular weight is 436 g/mol. The number of nitrogens with zero attached hydrogens (tertiary/aromatic N) is 2. The van der Waals surface area contributed by atoms with Crippen molar-refractivity contribution < 1.29 is 31.8 Å². The van der Waals surface area contributed by atoms with E-state index >= 15 is 0 Å². The highest BCUT2D eigenvalue weighted by Crippen LogP contribution is 2.37. The quantitative estimate of drug-likeness (QED) is 0.632. The number of hydrogen-bond acceptors (Lipinski definition) is 4. The Morgan fingerprint density at radius 3 is 2.42 bits per heavy atom. The largest absolute Gasteiger partial charge is 0.494 e. The molecule has 0 radical (unpaired) electrons. The lowest BCUT2D eigenvalue weighted by Gasteiger charge is -2.40. The molecule has 1 aliphatic heterocycles. The summed E-state index contributed by atoms with van der Waals surface area (Å²) in [4.78, 5) is 14.6. The summed E-state index contributed by atoms with van der Waals surface area (Å²) in [6, 6.07) is 10.4. The van der Waals surface area contributed by atoms with E-state index in [-0.39, 0.29) is 34.4 Å². The van der Waals surface area contributed by atoms with Crippen LogP contribution < -0.4 is 9.47 Å². The molecular formula is C22H20F4N2O3. The standard InChI is InChI=1S/C22H20F4N2O3/c1-13(22(24,25)26)31-18-8-5-16(10-27)20(30-2)19(18)21(29)28-11-15(12-28)9-14-3-6-17(23)7-4-14/h3-8,13,15H,9,11-12H2,1-2H3/t13-/m0/s1. The third-order valence-electron chi connectivity index (χ3n) is 5.10. The highest BCUT2D eigenvalue weighted by molar-refractivity contribution is 6.01. The van der Waals surface area contributed by atoms with Crippen LogP contribution in [0.3, 0.4) is 0 Å². The van der Waals surface area contributed by atoms with Gasteiger partial charge in [0, 0.05) is 13.1 Å². The molecule has 3 rings (SSSR count). The zero-order chi connectivity index (χ0) is 22.8. The Morgan fingerprint density at radius 1 is 1.23 bits per heavy atom. The predicted octanol–water partition coefficient (Wildman–Crippen LogP) is 4.35. The first-order valence-corrected chi connectivity index (χ1v) is 9.52. The molecule has 1 heterocycles. The van der Waals surface area contributed by atoms with Gasteiger partial charge in [0.15, 0.2) is 11.9 Å². The minimum atomic E-state index is -4.63. The van der Waals surface area contributed by atoms with Crippen LogP contribution in [0.5, 0.6) is 11.5 Å². The second kappa shape index (κ2) is 8.84. The molecule has 31 heavy (non-hydrogen) atoms. The van der Waals surface area contributed by atoms with Crippen molar-refractivity contribution in [3.63, 3.8) is 0 Å². The van der Waals surface area contributed by atoms with Crippen LogP contribution >= 0.6 is 0 Å². The van der Waals surface area contributed by atoms with Gasteiger partial charge < -0.3 is 14.4 Å². The number of benzene rings is 2. The molecule has 9 heteroatoms. The molecular weight excluding hydrogens is 416 g/mol. The zero-order valence-electron chi connectivity index (χ0n) is 16.9. The van der Waals surface area contributed by atoms with Crippen LogP contribution in [0.1, 0.15) is 28.4 Å². The number of ether oxygens (including phenoxy) is 2. The fourth-order valence-electron chi connectivity index (χ4n) is 3.40. The van der Waals surface area contributed by atoms with Gasteiger partial charge in [0.2, 0.25) is 0 Å². The van der Waals surface area contributed by atoms with Crippen molar-refractivity contribution in [2.24, 2.45) is 5.92 Å². The summed E-state index contributed by atoms with van der Waals surface area (Å²) >= 11 is 0. The van der Waals surface area contributed by atoms with Crippen LogP contribution in [-0.2, 0) is 6.42 Å². The highest BCUT2D eigenvalue weighted by atomic mass is 19.4. The molecule has 1 atom stereocenters. The minimum Gasteiger partial charge on any atom is -0.494 e. The summed E-state index contributed by atoms with van der Waals surface area (Å²) in [5.74, 6) is -1.21. The summed E-state index contributed by atoms with van der Waals surface area (Å²) in [6.45, 7) is 1.57. The molecule has 0 N–H and O–H groups in total. The van der Waals surface area contributed by atoms with Gasteiger partial charge >= 0.3 is 6.18 Å². The van der Waals surface area contributed by atoms with E-state index in [0.29, 0.717) is 19.5 Å². The number of carbonyl (C=O) groups excluding carboxylic acids is 1. The van der Waals surface area contributed by atoms with Gasteiger partial charge in [0.1, 0.15) is 23.2 Å². The van der Waals surface area contributed by atoms with E-state index in [9.17, 15) is 27.6 Å². The second-order valence-corrected chi connectivity index (χ2v) is 7.34. The molecule has 0 spiro atoms. The number of likely N-dealkylation sites (tertiary alicyclic amines) is 1. The molecule has 2 aromatic rings. The molecule has 1 saturated heterocycles. The fraction of sp³-hybridized carbons (Fsp3) is 0.364. The Labute approximate surface area is 176 Å². The van der Waals surface area contributed by atoms with Crippen molar-refractivity contribution in [3.8, 4) is 17.6 Å². The van der Waals surface area contributed by atoms with Crippen LogP contribution in [0, 0.1) is 23.1 Å². The smallest absolute Gasteiger partial charge is 0.425 e. The van der Waals surface area contributed by atoms with Crippen molar-refractivity contribution >= 4 is 5.91 Å². The first-order chi connectivity index (χ1) is 14.6. The van der Waals surface area contributed by atoms with Gasteiger partial charge in [-0.25, -0.2) is 4.39 Å². The molecule has 5 nitrogen and oxygen atoms in total. The van der Waals surface area contributed by atoms with Crippen molar-refractivity contribution in [1.29, 1.82) is 5.26 Å². The van der Waals surface area contributed by atoms with Gasteiger partial charge in [-0.1, -0.05) is 12.1 Å². The molecule has 0 aromatic heterocycles. The number of carbonyl (C=O) groups is 1. The third-order valence-corrected chi connectivity index (χ3v) is 5.10. The van der Waals surface area contributed by atoms with Crippen LogP contribution in [-0.4, -0.2) is 43.3 Å². The number of alkyl halides is 3. The molecule has 1 amide bonds. The van der Waals surface area contributed by atoms with Gasteiger partial charge in [-0.3, -0.25) is 4.79 Å². The monoisotopic (exact) mass is 436 g/mol. The topological polar surface area (TPSA) is 62.6 Å². The molecule has 1 aliphatic rings. The number of methoxy groups -OCH3 is 1. The van der Waals surface area contributed by atoms with Crippen LogP contribution in [0.15, 0.2) is 36.4 Å². The minimum absolute atomic E-state index is 0.0150. The second-order valence-electron chi connectivity index (χ2n) is 7.34. The first kappa shape index (κ1) is 22.4. The molecule has 0 unspecified atom stereocenters. The van der Waals surface area contributed by atoms with Gasteiger partial charge in [-0.15, -0.1) is 0 Å². The lowest BCUT2D eigenvalue weighted by Crippen LogP contribution is -2.51. The van der Waals surface area contributed by atoms with E-state index in [1.165, 1.54) is 36.3 Å². The van der Waals surface area contributed by atoms with E-state index < -0.39 is 18.2 Å². The van der Waals surface area contributed by atoms with Gasteiger partial charge in [-0.05, 0) is 49.1 Å². The van der Waals surface area contributed by atoms with E-state index in [2.05, 4.69) is 0 Å². The molecule has 0 aliphatic carbocycles. The van der Waals surface area contributed by atoms with Crippen molar-refractivity contribution in [2.45, 2.75) is 25.6 Å². The maximum atomic E-state index is 13.1. The summed E-state index contributed by atoms with van der Waals surface area (Å²) in [6.07, 6.45) is -6.15. The number of rotatable bonds is 6. The Morgan fingerprint density at radius 2 is 1.87 bits per heavy atom. The average Bonchev–Trinajstić information content (AvgIpc) is 2.70. The predicted molar refractivity (Wildman–Crippen MR) is 103 cm³/mol. The highest BCUT2D eigenvalue weighted by Gasteiger charge is 2.40. The number of halogens is 4. The van der Waals surface area contributed by atoms with E-state index in [1.54, 1.807) is 12.1 Å². The van der Waals surface area contributed by atoms with E-state index in [0.717, 1.165) is 12.5 Å². The first-order valence-electron chi connectivity index (χ1n) is 9.52. The Balaban J connectivity index is 1.80. The fourth-order valence-corrected chi connectivity index (χ4v) is 3.40. The molecule has 2 aromatic carbocycles. The van der Waals surface area contributed by atoms with Gasteiger partial charge in [-0.2, -0.15) is 18.4 Å². The number of hydrogen-bond donors (Lipinski definition) is 0. The summed E-state index contributed by atoms with van der Waals surface area (Å²) in [5.41, 5.74) is 0.727. The Hall–Kier alpha value is -3.28. The normalized spacial score (nSPS) is 15.1.